The number of nitrogens with zero attached hydrogens (tertiary/aromatic N) is 1. The average molecular weight is 488 g/mol. The zero-order valence-electron chi connectivity index (χ0n) is 24.0. The van der Waals surface area contributed by atoms with Crippen molar-refractivity contribution in [3.8, 4) is 11.5 Å². The van der Waals surface area contributed by atoms with Crippen molar-refractivity contribution in [2.24, 2.45) is 0 Å². The molecule has 5 nitrogen and oxygen atoms in total. The van der Waals surface area contributed by atoms with Crippen molar-refractivity contribution in [2.75, 3.05) is 14.1 Å². The van der Waals surface area contributed by atoms with E-state index in [1.807, 2.05) is 73.8 Å². The van der Waals surface area contributed by atoms with Crippen LogP contribution in [0.3, 0.4) is 0 Å². The fourth-order valence-electron chi connectivity index (χ4n) is 3.90. The molecule has 1 aliphatic heterocycles. The Morgan fingerprint density at radius 2 is 1.63 bits per heavy atom. The zero-order chi connectivity index (χ0) is 27.2. The van der Waals surface area contributed by atoms with Gasteiger partial charge in [-0.3, -0.25) is 4.79 Å². The maximum Gasteiger partial charge on any atom is 0.303 e. The standard InChI is InChI=1S/C24H31NO4.3C2H6/c1-16-10-18-13-24(2,3)29-23(18)20(11-16)15-28-21-8-6-17(7-9-22(26)27)19(12-21)14-25(4)5;3*1-2/h6,8,10-12H,7,9,13-15H2,1-5H3,(H,26,27);3*1-2H3. The summed E-state index contributed by atoms with van der Waals surface area (Å²) in [5, 5.41) is 9.00. The third-order valence-electron chi connectivity index (χ3n) is 5.05. The van der Waals surface area contributed by atoms with Gasteiger partial charge in [-0.05, 0) is 76.2 Å². The smallest absolute Gasteiger partial charge is 0.303 e. The Labute approximate surface area is 214 Å². The molecule has 0 fully saturated rings. The van der Waals surface area contributed by atoms with Crippen LogP contribution in [-0.2, 0) is 30.8 Å². The first-order valence-corrected chi connectivity index (χ1v) is 13.1. The Hall–Kier alpha value is -2.53. The minimum atomic E-state index is -0.780. The number of carboxylic acid groups (broad SMARTS) is 1. The number of aliphatic carboxylic acids is 1. The van der Waals surface area contributed by atoms with Gasteiger partial charge in [-0.1, -0.05) is 59.2 Å². The van der Waals surface area contributed by atoms with Crippen molar-refractivity contribution >= 4 is 5.97 Å². The van der Waals surface area contributed by atoms with Crippen molar-refractivity contribution in [3.63, 3.8) is 0 Å². The Balaban J connectivity index is 0.00000179. The number of carboxylic acids is 1. The Morgan fingerprint density at radius 3 is 2.20 bits per heavy atom. The predicted octanol–water partition coefficient (Wildman–Crippen LogP) is 7.44. The molecule has 0 saturated carbocycles. The van der Waals surface area contributed by atoms with Gasteiger partial charge in [-0.15, -0.1) is 0 Å². The summed E-state index contributed by atoms with van der Waals surface area (Å²) in [6.07, 6.45) is 1.55. The maximum absolute atomic E-state index is 11.0. The Bertz CT molecular complexity index is 903. The van der Waals surface area contributed by atoms with E-state index >= 15 is 0 Å². The summed E-state index contributed by atoms with van der Waals surface area (Å²) >= 11 is 0. The van der Waals surface area contributed by atoms with E-state index in [0.29, 0.717) is 13.0 Å². The van der Waals surface area contributed by atoms with E-state index in [-0.39, 0.29) is 12.0 Å². The average Bonchev–Trinajstić information content (AvgIpc) is 3.14. The molecular formula is C30H49NO4. The molecule has 0 saturated heterocycles. The first-order chi connectivity index (χ1) is 16.6. The van der Waals surface area contributed by atoms with Crippen LogP contribution in [0.25, 0.3) is 0 Å². The van der Waals surface area contributed by atoms with Crippen LogP contribution in [0, 0.1) is 6.92 Å². The van der Waals surface area contributed by atoms with E-state index in [4.69, 9.17) is 14.6 Å². The Morgan fingerprint density at radius 1 is 1.00 bits per heavy atom. The molecule has 1 aliphatic rings. The second-order valence-electron chi connectivity index (χ2n) is 8.80. The van der Waals surface area contributed by atoms with Gasteiger partial charge in [0.1, 0.15) is 23.7 Å². The second-order valence-corrected chi connectivity index (χ2v) is 8.80. The monoisotopic (exact) mass is 487 g/mol. The summed E-state index contributed by atoms with van der Waals surface area (Å²) in [6, 6.07) is 10.3. The van der Waals surface area contributed by atoms with E-state index in [1.54, 1.807) is 0 Å². The van der Waals surface area contributed by atoms with Crippen molar-refractivity contribution in [1.82, 2.24) is 4.90 Å². The first kappa shape index (κ1) is 32.5. The maximum atomic E-state index is 11.0. The highest BCUT2D eigenvalue weighted by Gasteiger charge is 2.32. The predicted molar refractivity (Wildman–Crippen MR) is 148 cm³/mol. The fraction of sp³-hybridized carbons (Fsp3) is 0.567. The van der Waals surface area contributed by atoms with Crippen LogP contribution in [0.1, 0.15) is 89.6 Å². The molecule has 0 aromatic heterocycles. The van der Waals surface area contributed by atoms with Crippen molar-refractivity contribution in [1.29, 1.82) is 0 Å². The first-order valence-electron chi connectivity index (χ1n) is 13.1. The summed E-state index contributed by atoms with van der Waals surface area (Å²) in [5.41, 5.74) is 5.48. The SMILES string of the molecule is CC.CC.CC.Cc1cc(COc2ccc(CCC(=O)O)c(CN(C)C)c2)c2c(c1)CC(C)(C)O2. The molecule has 2 aromatic rings. The van der Waals surface area contributed by atoms with E-state index in [2.05, 4.69) is 37.8 Å². The molecule has 198 valence electrons. The lowest BCUT2D eigenvalue weighted by Gasteiger charge is -2.19. The van der Waals surface area contributed by atoms with E-state index < -0.39 is 5.97 Å². The Kier molecular flexibility index (Phi) is 15.0. The van der Waals surface area contributed by atoms with Gasteiger partial charge in [-0.25, -0.2) is 0 Å². The van der Waals surface area contributed by atoms with Crippen LogP contribution < -0.4 is 9.47 Å². The van der Waals surface area contributed by atoms with Gasteiger partial charge in [-0.2, -0.15) is 0 Å². The number of aryl methyl sites for hydroxylation is 2. The molecular weight excluding hydrogens is 438 g/mol. The van der Waals surface area contributed by atoms with Crippen LogP contribution in [-0.4, -0.2) is 35.7 Å². The van der Waals surface area contributed by atoms with Gasteiger partial charge >= 0.3 is 5.97 Å². The lowest BCUT2D eigenvalue weighted by atomic mass is 9.98. The lowest BCUT2D eigenvalue weighted by molar-refractivity contribution is -0.136. The number of carbonyl (C=O) groups is 1. The molecule has 0 aliphatic carbocycles. The third-order valence-corrected chi connectivity index (χ3v) is 5.05. The topological polar surface area (TPSA) is 59.0 Å². The van der Waals surface area contributed by atoms with Gasteiger partial charge in [0.15, 0.2) is 0 Å². The number of hydrogen-bond acceptors (Lipinski definition) is 4. The van der Waals surface area contributed by atoms with Crippen molar-refractivity contribution < 1.29 is 19.4 Å². The molecule has 0 radical (unpaired) electrons. The summed E-state index contributed by atoms with van der Waals surface area (Å²) in [7, 11) is 4.01. The number of rotatable bonds is 8. The molecule has 0 unspecified atom stereocenters. The molecule has 1 heterocycles. The summed E-state index contributed by atoms with van der Waals surface area (Å²) in [5.74, 6) is 0.956. The molecule has 0 bridgehead atoms. The molecule has 35 heavy (non-hydrogen) atoms. The van der Waals surface area contributed by atoms with Gasteiger partial charge in [0.2, 0.25) is 0 Å². The van der Waals surface area contributed by atoms with E-state index in [1.165, 1.54) is 11.1 Å². The molecule has 3 rings (SSSR count). The van der Waals surface area contributed by atoms with Crippen LogP contribution in [0.2, 0.25) is 0 Å². The highest BCUT2D eigenvalue weighted by Crippen LogP contribution is 2.39. The lowest BCUT2D eigenvalue weighted by Crippen LogP contribution is -2.25. The van der Waals surface area contributed by atoms with E-state index in [0.717, 1.165) is 41.2 Å². The second kappa shape index (κ2) is 16.2. The number of fused-ring (bicyclic) bond motifs is 1. The zero-order valence-corrected chi connectivity index (χ0v) is 24.0. The highest BCUT2D eigenvalue weighted by atomic mass is 16.5. The normalized spacial score (nSPS) is 12.6. The number of benzene rings is 2. The van der Waals surface area contributed by atoms with Gasteiger partial charge in [0.25, 0.3) is 0 Å². The minimum Gasteiger partial charge on any atom is -0.489 e. The van der Waals surface area contributed by atoms with Crippen molar-refractivity contribution in [3.05, 3.63) is 58.1 Å². The van der Waals surface area contributed by atoms with Gasteiger partial charge < -0.3 is 19.5 Å². The van der Waals surface area contributed by atoms with Gasteiger partial charge in [0, 0.05) is 24.9 Å². The van der Waals surface area contributed by atoms with Crippen molar-refractivity contribution in [2.45, 2.75) is 100 Å². The molecule has 5 heteroatoms. The summed E-state index contributed by atoms with van der Waals surface area (Å²) < 4.78 is 12.3. The third kappa shape index (κ3) is 10.7. The molecule has 0 spiro atoms. The number of ether oxygens (including phenoxy) is 2. The minimum absolute atomic E-state index is 0.128. The molecule has 0 atom stereocenters. The largest absolute Gasteiger partial charge is 0.489 e. The number of hydrogen-bond donors (Lipinski definition) is 1. The quantitative estimate of drug-likeness (QED) is 0.419. The highest BCUT2D eigenvalue weighted by molar-refractivity contribution is 5.67. The van der Waals surface area contributed by atoms with E-state index in [9.17, 15) is 4.79 Å². The van der Waals surface area contributed by atoms with Crippen LogP contribution in [0.5, 0.6) is 11.5 Å². The van der Waals surface area contributed by atoms with Crippen LogP contribution in [0.4, 0.5) is 0 Å². The summed E-state index contributed by atoms with van der Waals surface area (Å²) in [6.45, 7) is 19.5. The van der Waals surface area contributed by atoms with Crippen LogP contribution in [0.15, 0.2) is 30.3 Å². The fourth-order valence-corrected chi connectivity index (χ4v) is 3.90. The van der Waals surface area contributed by atoms with Crippen LogP contribution >= 0.6 is 0 Å². The molecule has 2 aromatic carbocycles. The summed E-state index contributed by atoms with van der Waals surface area (Å²) in [4.78, 5) is 13.0. The van der Waals surface area contributed by atoms with Gasteiger partial charge in [0.05, 0.1) is 0 Å². The molecule has 0 amide bonds. The molecule has 1 N–H and O–H groups in total.